The van der Waals surface area contributed by atoms with Crippen molar-refractivity contribution in [2.75, 3.05) is 25.0 Å². The third-order valence-electron chi connectivity index (χ3n) is 6.15. The van der Waals surface area contributed by atoms with Crippen LogP contribution in [0.2, 0.25) is 5.02 Å². The summed E-state index contributed by atoms with van der Waals surface area (Å²) in [6, 6.07) is 23.8. The van der Waals surface area contributed by atoms with E-state index in [0.29, 0.717) is 36.6 Å². The smallest absolute Gasteiger partial charge is 0.256 e. The van der Waals surface area contributed by atoms with Gasteiger partial charge in [-0.2, -0.15) is 5.26 Å². The van der Waals surface area contributed by atoms with Crippen LogP contribution in [0.1, 0.15) is 27.8 Å². The van der Waals surface area contributed by atoms with Crippen molar-refractivity contribution in [2.24, 2.45) is 0 Å². The molecule has 0 atom stereocenters. The first-order chi connectivity index (χ1) is 16.5. The number of nitrogens with zero attached hydrogens (tertiary/aromatic N) is 4. The summed E-state index contributed by atoms with van der Waals surface area (Å²) >= 11 is 6.05. The molecule has 4 rings (SSSR count). The highest BCUT2D eigenvalue weighted by molar-refractivity contribution is 6.30. The van der Waals surface area contributed by atoms with Crippen LogP contribution in [0, 0.1) is 11.3 Å². The number of likely N-dealkylation sites (N-methyl/N-ethyl adjacent to an activating group) is 1. The first-order valence-electron chi connectivity index (χ1n) is 11.2. The van der Waals surface area contributed by atoms with Crippen LogP contribution in [-0.4, -0.2) is 36.1 Å². The molecule has 34 heavy (non-hydrogen) atoms. The average molecular weight is 471 g/mol. The third kappa shape index (κ3) is 5.31. The zero-order valence-corrected chi connectivity index (χ0v) is 20.0. The fraction of sp³-hybridized carbons (Fsp3) is 0.214. The third-order valence-corrected chi connectivity index (χ3v) is 6.40. The molecular formula is C28H27ClN4O. The van der Waals surface area contributed by atoms with Gasteiger partial charge in [0.05, 0.1) is 18.2 Å². The van der Waals surface area contributed by atoms with E-state index in [1.165, 1.54) is 11.1 Å². The summed E-state index contributed by atoms with van der Waals surface area (Å²) < 4.78 is 0. The van der Waals surface area contributed by atoms with Crippen molar-refractivity contribution in [2.45, 2.75) is 19.5 Å². The number of hydrogen-bond acceptors (Lipinski definition) is 4. The summed E-state index contributed by atoms with van der Waals surface area (Å²) in [4.78, 5) is 15.3. The summed E-state index contributed by atoms with van der Waals surface area (Å²) in [5, 5.41) is 14.0. The van der Waals surface area contributed by atoms with Crippen molar-refractivity contribution < 1.29 is 4.79 Å². The number of carbonyl (C=O) groups excluding carboxylic acids is 1. The monoisotopic (exact) mass is 470 g/mol. The van der Waals surface area contributed by atoms with Crippen molar-refractivity contribution in [3.63, 3.8) is 0 Å². The normalized spacial score (nSPS) is 12.6. The predicted octanol–water partition coefficient (Wildman–Crippen LogP) is 5.18. The number of nitriles is 1. The van der Waals surface area contributed by atoms with Crippen LogP contribution in [0.5, 0.6) is 0 Å². The van der Waals surface area contributed by atoms with Crippen molar-refractivity contribution in [3.05, 3.63) is 112 Å². The van der Waals surface area contributed by atoms with Crippen LogP contribution < -0.4 is 4.90 Å². The molecule has 1 aliphatic heterocycles. The first kappa shape index (κ1) is 23.6. The molecule has 0 aromatic heterocycles. The van der Waals surface area contributed by atoms with Gasteiger partial charge in [0.1, 0.15) is 0 Å². The summed E-state index contributed by atoms with van der Waals surface area (Å²) in [5.74, 6) is -0.0190. The second kappa shape index (κ2) is 10.6. The Bertz CT molecular complexity index is 1210. The van der Waals surface area contributed by atoms with E-state index in [2.05, 4.69) is 29.8 Å². The number of hydrazine groups is 1. The molecule has 0 saturated carbocycles. The van der Waals surface area contributed by atoms with E-state index in [1.54, 1.807) is 11.1 Å². The second-order valence-electron chi connectivity index (χ2n) is 8.44. The van der Waals surface area contributed by atoms with Gasteiger partial charge < -0.3 is 4.90 Å². The molecule has 0 aliphatic carbocycles. The van der Waals surface area contributed by atoms with E-state index in [4.69, 9.17) is 11.6 Å². The Morgan fingerprint density at radius 3 is 2.41 bits per heavy atom. The van der Waals surface area contributed by atoms with Gasteiger partial charge in [-0.3, -0.25) is 9.80 Å². The van der Waals surface area contributed by atoms with E-state index in [1.807, 2.05) is 66.5 Å². The quantitative estimate of drug-likeness (QED) is 0.425. The van der Waals surface area contributed by atoms with Crippen LogP contribution >= 0.6 is 11.6 Å². The average Bonchev–Trinajstić information content (AvgIpc) is 3.29. The molecule has 1 aliphatic rings. The van der Waals surface area contributed by atoms with E-state index >= 15 is 0 Å². The van der Waals surface area contributed by atoms with Gasteiger partial charge in [-0.25, -0.2) is 5.01 Å². The summed E-state index contributed by atoms with van der Waals surface area (Å²) in [6.45, 7) is 5.99. The van der Waals surface area contributed by atoms with Crippen molar-refractivity contribution >= 4 is 23.2 Å². The summed E-state index contributed by atoms with van der Waals surface area (Å²) in [5.41, 5.74) is 6.05. The number of carbonyl (C=O) groups is 1. The Morgan fingerprint density at radius 1 is 1.12 bits per heavy atom. The minimum absolute atomic E-state index is 0.0190. The van der Waals surface area contributed by atoms with Gasteiger partial charge in [0.25, 0.3) is 5.91 Å². The van der Waals surface area contributed by atoms with Gasteiger partial charge >= 0.3 is 0 Å². The van der Waals surface area contributed by atoms with Gasteiger partial charge in [-0.1, -0.05) is 60.1 Å². The molecule has 0 fully saturated rings. The van der Waals surface area contributed by atoms with Gasteiger partial charge in [0, 0.05) is 37.4 Å². The van der Waals surface area contributed by atoms with E-state index in [-0.39, 0.29) is 12.5 Å². The van der Waals surface area contributed by atoms with Crippen LogP contribution in [0.25, 0.3) is 0 Å². The highest BCUT2D eigenvalue weighted by Gasteiger charge is 2.26. The lowest BCUT2D eigenvalue weighted by molar-refractivity contribution is -0.145. The van der Waals surface area contributed by atoms with Gasteiger partial charge in [-0.05, 0) is 52.9 Å². The van der Waals surface area contributed by atoms with E-state index < -0.39 is 0 Å². The Morgan fingerprint density at radius 2 is 1.79 bits per heavy atom. The van der Waals surface area contributed by atoms with Crippen LogP contribution in [-0.2, 0) is 24.3 Å². The molecule has 0 N–H and O–H groups in total. The molecule has 3 aromatic carbocycles. The van der Waals surface area contributed by atoms with Crippen LogP contribution in [0.4, 0.5) is 5.69 Å². The molecule has 3 aromatic rings. The summed E-state index contributed by atoms with van der Waals surface area (Å²) in [6.07, 6.45) is 2.45. The standard InChI is InChI=1S/C28H27ClN4O/c1-3-14-32(20-28(34)31(2)33-18-24-6-4-5-7-25(24)19-33)27-16-22(17-30)8-11-23(27)15-21-9-12-26(29)13-10-21/h3-13,16H,1,14-15,18-20H2,2H3. The fourth-order valence-electron chi connectivity index (χ4n) is 4.25. The number of fused-ring (bicyclic) bond motifs is 1. The Labute approximate surface area is 206 Å². The number of hydrogen-bond donors (Lipinski definition) is 0. The molecule has 1 heterocycles. The molecule has 0 spiro atoms. The van der Waals surface area contributed by atoms with Gasteiger partial charge in [0.15, 0.2) is 0 Å². The molecule has 0 radical (unpaired) electrons. The molecule has 6 heteroatoms. The van der Waals surface area contributed by atoms with E-state index in [9.17, 15) is 10.1 Å². The topological polar surface area (TPSA) is 50.6 Å². The maximum atomic E-state index is 13.3. The Hall–Kier alpha value is -3.59. The number of rotatable bonds is 8. The minimum Gasteiger partial charge on any atom is -0.358 e. The molecule has 1 amide bonds. The largest absolute Gasteiger partial charge is 0.358 e. The van der Waals surface area contributed by atoms with Gasteiger partial charge in [0.2, 0.25) is 0 Å². The molecular weight excluding hydrogens is 444 g/mol. The second-order valence-corrected chi connectivity index (χ2v) is 8.87. The van der Waals surface area contributed by atoms with Crippen LogP contribution in [0.15, 0.2) is 79.4 Å². The highest BCUT2D eigenvalue weighted by Crippen LogP contribution is 2.27. The van der Waals surface area contributed by atoms with Crippen LogP contribution in [0.3, 0.4) is 0 Å². The highest BCUT2D eigenvalue weighted by atomic mass is 35.5. The summed E-state index contributed by atoms with van der Waals surface area (Å²) in [7, 11) is 1.82. The molecule has 5 nitrogen and oxygen atoms in total. The first-order valence-corrected chi connectivity index (χ1v) is 11.6. The molecule has 0 saturated heterocycles. The number of benzene rings is 3. The van der Waals surface area contributed by atoms with E-state index in [0.717, 1.165) is 16.8 Å². The van der Waals surface area contributed by atoms with Crippen molar-refractivity contribution in [1.29, 1.82) is 5.26 Å². The zero-order valence-electron chi connectivity index (χ0n) is 19.2. The molecule has 0 unspecified atom stereocenters. The minimum atomic E-state index is -0.0190. The van der Waals surface area contributed by atoms with Gasteiger partial charge in [-0.15, -0.1) is 6.58 Å². The van der Waals surface area contributed by atoms with Crippen molar-refractivity contribution in [3.8, 4) is 6.07 Å². The number of anilines is 1. The predicted molar refractivity (Wildman–Crippen MR) is 136 cm³/mol. The number of halogens is 1. The number of amides is 1. The maximum Gasteiger partial charge on any atom is 0.256 e. The lowest BCUT2D eigenvalue weighted by Gasteiger charge is -2.32. The lowest BCUT2D eigenvalue weighted by atomic mass is 10.0. The Balaban J connectivity index is 1.56. The zero-order chi connectivity index (χ0) is 24.1. The SMILES string of the molecule is C=CCN(CC(=O)N(C)N1Cc2ccccc2C1)c1cc(C#N)ccc1Cc1ccc(Cl)cc1. The Kier molecular flexibility index (Phi) is 7.32. The lowest BCUT2D eigenvalue weighted by Crippen LogP contribution is -2.46. The van der Waals surface area contributed by atoms with Crippen molar-refractivity contribution in [1.82, 2.24) is 10.0 Å². The fourth-order valence-corrected chi connectivity index (χ4v) is 4.38. The molecule has 172 valence electrons. The maximum absolute atomic E-state index is 13.3. The molecule has 0 bridgehead atoms.